The Hall–Kier alpha value is -2.11. The molecule has 0 aliphatic rings. The number of tetrazole rings is 1. The van der Waals surface area contributed by atoms with Crippen LogP contribution in [0.4, 0.5) is 0 Å². The zero-order chi connectivity index (χ0) is 8.67. The first-order valence-electron chi connectivity index (χ1n) is 3.73. The molecule has 3 aromatic rings. The Bertz CT molecular complexity index is 571. The molecular weight excluding hydrogens is 168 g/mol. The molecule has 0 amide bonds. The highest BCUT2D eigenvalue weighted by molar-refractivity contribution is 5.89. The zero-order valence-electron chi connectivity index (χ0n) is 6.49. The van der Waals surface area contributed by atoms with Gasteiger partial charge in [0, 0.05) is 6.20 Å². The largest absolute Gasteiger partial charge is 0.254 e. The molecule has 62 valence electrons. The number of nitrogens with zero attached hydrogens (tertiary/aromatic N) is 6. The van der Waals surface area contributed by atoms with Crippen LogP contribution < -0.4 is 0 Å². The van der Waals surface area contributed by atoms with Crippen LogP contribution in [0.1, 0.15) is 0 Å². The van der Waals surface area contributed by atoms with Gasteiger partial charge in [0.15, 0.2) is 0 Å². The molecular formula is C7H4N6. The molecule has 0 saturated carbocycles. The Labute approximate surface area is 72.2 Å². The lowest BCUT2D eigenvalue weighted by atomic mass is 10.3. The van der Waals surface area contributed by atoms with E-state index < -0.39 is 0 Å². The average Bonchev–Trinajstić information content (AvgIpc) is 2.65. The number of aromatic nitrogens is 6. The minimum absolute atomic E-state index is 0.630. The molecule has 0 radical (unpaired) electrons. The lowest BCUT2D eigenvalue weighted by molar-refractivity contribution is 0.735. The maximum atomic E-state index is 4.14. The van der Waals surface area contributed by atoms with Crippen LogP contribution >= 0.6 is 0 Å². The molecule has 0 fully saturated rings. The van der Waals surface area contributed by atoms with Crippen molar-refractivity contribution in [2.45, 2.75) is 0 Å². The number of pyridine rings is 1. The second-order valence-electron chi connectivity index (χ2n) is 2.57. The zero-order valence-corrected chi connectivity index (χ0v) is 6.49. The Morgan fingerprint density at radius 1 is 1.31 bits per heavy atom. The highest BCUT2D eigenvalue weighted by Crippen LogP contribution is 2.11. The predicted molar refractivity (Wildman–Crippen MR) is 43.9 cm³/mol. The second kappa shape index (κ2) is 2.19. The van der Waals surface area contributed by atoms with Gasteiger partial charge in [-0.3, -0.25) is 4.98 Å². The molecule has 3 heterocycles. The molecule has 6 heteroatoms. The fourth-order valence-electron chi connectivity index (χ4n) is 1.24. The number of fused-ring (bicyclic) bond motifs is 3. The fraction of sp³-hybridized carbons (Fsp3) is 0. The topological polar surface area (TPSA) is 68.9 Å². The molecule has 0 atom stereocenters. The van der Waals surface area contributed by atoms with Crippen LogP contribution in [0.25, 0.3) is 16.6 Å². The summed E-state index contributed by atoms with van der Waals surface area (Å²) >= 11 is 0. The summed E-state index contributed by atoms with van der Waals surface area (Å²) in [4.78, 5) is 4.14. The van der Waals surface area contributed by atoms with Crippen molar-refractivity contribution in [2.75, 3.05) is 0 Å². The van der Waals surface area contributed by atoms with Crippen LogP contribution in [0.5, 0.6) is 0 Å². The van der Waals surface area contributed by atoms with Gasteiger partial charge in [-0.25, -0.2) is 0 Å². The first kappa shape index (κ1) is 6.41. The molecule has 3 rings (SSSR count). The van der Waals surface area contributed by atoms with Crippen LogP contribution in [-0.4, -0.2) is 30.2 Å². The molecule has 13 heavy (non-hydrogen) atoms. The van der Waals surface area contributed by atoms with Crippen molar-refractivity contribution in [3.8, 4) is 0 Å². The third kappa shape index (κ3) is 0.792. The summed E-state index contributed by atoms with van der Waals surface area (Å²) in [5.74, 6) is 0. The maximum absolute atomic E-state index is 4.14. The van der Waals surface area contributed by atoms with Gasteiger partial charge >= 0.3 is 0 Å². The summed E-state index contributed by atoms with van der Waals surface area (Å²) in [5.41, 5.74) is 1.43. The summed E-state index contributed by atoms with van der Waals surface area (Å²) in [7, 11) is 0. The normalized spacial score (nSPS) is 11.1. The molecule has 3 aromatic heterocycles. The predicted octanol–water partition coefficient (Wildman–Crippen LogP) is 0.0675. The van der Waals surface area contributed by atoms with Gasteiger partial charge in [-0.1, -0.05) is 0 Å². The summed E-state index contributed by atoms with van der Waals surface area (Å²) < 4.78 is 1.38. The van der Waals surface area contributed by atoms with Gasteiger partial charge in [-0.2, -0.15) is 5.10 Å². The number of hydrogen-bond acceptors (Lipinski definition) is 5. The lowest BCUT2D eigenvalue weighted by Gasteiger charge is -1.94. The van der Waals surface area contributed by atoms with E-state index >= 15 is 0 Å². The molecule has 0 aliphatic carbocycles. The van der Waals surface area contributed by atoms with Crippen molar-refractivity contribution in [1.82, 2.24) is 30.2 Å². The van der Waals surface area contributed by atoms with Crippen molar-refractivity contribution >= 4 is 16.6 Å². The van der Waals surface area contributed by atoms with E-state index in [9.17, 15) is 0 Å². The average molecular weight is 172 g/mol. The van der Waals surface area contributed by atoms with E-state index in [4.69, 9.17) is 0 Å². The highest BCUT2D eigenvalue weighted by Gasteiger charge is 2.03. The van der Waals surface area contributed by atoms with Gasteiger partial charge < -0.3 is 0 Å². The quantitative estimate of drug-likeness (QED) is 0.480. The van der Waals surface area contributed by atoms with E-state index in [1.165, 1.54) is 4.63 Å². The smallest absolute Gasteiger partial charge is 0.209 e. The molecule has 0 N–H and O–H groups in total. The second-order valence-corrected chi connectivity index (χ2v) is 2.57. The van der Waals surface area contributed by atoms with Crippen LogP contribution in [0.3, 0.4) is 0 Å². The molecule has 0 unspecified atom stereocenters. The summed E-state index contributed by atoms with van der Waals surface area (Å²) in [6.07, 6.45) is 3.35. The third-order valence-electron chi connectivity index (χ3n) is 1.82. The first-order chi connectivity index (χ1) is 6.45. The first-order valence-corrected chi connectivity index (χ1v) is 3.73. The Kier molecular flexibility index (Phi) is 1.08. The molecule has 0 spiro atoms. The lowest BCUT2D eigenvalue weighted by Crippen LogP contribution is -1.94. The van der Waals surface area contributed by atoms with Gasteiger partial charge in [0.2, 0.25) is 5.65 Å². The fourth-order valence-corrected chi connectivity index (χ4v) is 1.24. The molecule has 0 saturated heterocycles. The van der Waals surface area contributed by atoms with Gasteiger partial charge in [-0.05, 0) is 22.6 Å². The van der Waals surface area contributed by atoms with E-state index in [1.54, 1.807) is 12.4 Å². The minimum atomic E-state index is 0.630. The monoisotopic (exact) mass is 172 g/mol. The molecule has 0 aromatic carbocycles. The van der Waals surface area contributed by atoms with Crippen molar-refractivity contribution in [1.29, 1.82) is 0 Å². The van der Waals surface area contributed by atoms with Crippen molar-refractivity contribution in [3.05, 3.63) is 24.5 Å². The third-order valence-corrected chi connectivity index (χ3v) is 1.82. The highest BCUT2D eigenvalue weighted by atomic mass is 15.6. The van der Waals surface area contributed by atoms with Crippen LogP contribution in [0.15, 0.2) is 24.5 Å². The van der Waals surface area contributed by atoms with E-state index in [-0.39, 0.29) is 0 Å². The SMILES string of the molecule is c1cnc2cnn3nnnc3c2c1. The summed E-state index contributed by atoms with van der Waals surface area (Å²) in [5, 5.41) is 15.9. The molecule has 6 nitrogen and oxygen atoms in total. The van der Waals surface area contributed by atoms with Crippen LogP contribution in [-0.2, 0) is 0 Å². The summed E-state index contributed by atoms with van der Waals surface area (Å²) in [6.45, 7) is 0. The molecule has 0 aliphatic heterocycles. The van der Waals surface area contributed by atoms with E-state index in [1.807, 2.05) is 12.1 Å². The maximum Gasteiger partial charge on any atom is 0.209 e. The molecule has 0 bridgehead atoms. The van der Waals surface area contributed by atoms with Gasteiger partial charge in [-0.15, -0.1) is 9.73 Å². The summed E-state index contributed by atoms with van der Waals surface area (Å²) in [6, 6.07) is 3.76. The Morgan fingerprint density at radius 3 is 3.31 bits per heavy atom. The Balaban J connectivity index is 2.65. The van der Waals surface area contributed by atoms with Gasteiger partial charge in [0.1, 0.15) is 0 Å². The Morgan fingerprint density at radius 2 is 2.31 bits per heavy atom. The number of rotatable bonds is 0. The van der Waals surface area contributed by atoms with Crippen molar-refractivity contribution < 1.29 is 0 Å². The van der Waals surface area contributed by atoms with Gasteiger partial charge in [0.05, 0.1) is 17.1 Å². The van der Waals surface area contributed by atoms with Crippen molar-refractivity contribution in [3.63, 3.8) is 0 Å². The minimum Gasteiger partial charge on any atom is -0.254 e. The van der Waals surface area contributed by atoms with Crippen molar-refractivity contribution in [2.24, 2.45) is 0 Å². The van der Waals surface area contributed by atoms with E-state index in [0.29, 0.717) is 5.65 Å². The van der Waals surface area contributed by atoms with E-state index in [2.05, 4.69) is 25.6 Å². The standard InChI is InChI=1S/C7H4N6/c1-2-5-6(8-3-1)4-9-13-7(5)10-11-12-13/h1-4H. The number of hydrogen-bond donors (Lipinski definition) is 0. The van der Waals surface area contributed by atoms with E-state index in [0.717, 1.165) is 10.9 Å². The van der Waals surface area contributed by atoms with Crippen LogP contribution in [0.2, 0.25) is 0 Å². The van der Waals surface area contributed by atoms with Gasteiger partial charge in [0.25, 0.3) is 0 Å². The van der Waals surface area contributed by atoms with Crippen LogP contribution in [0, 0.1) is 0 Å².